The van der Waals surface area contributed by atoms with Crippen molar-refractivity contribution in [1.82, 2.24) is 0 Å². The van der Waals surface area contributed by atoms with Crippen LogP contribution < -0.4 is 5.73 Å². The van der Waals surface area contributed by atoms with Gasteiger partial charge in [-0.1, -0.05) is 12.1 Å². The van der Waals surface area contributed by atoms with E-state index in [2.05, 4.69) is 4.74 Å². The molecule has 1 amide bonds. The summed E-state index contributed by atoms with van der Waals surface area (Å²) >= 11 is 0. The maximum atomic E-state index is 12.8. The Kier molecular flexibility index (Phi) is 5.13. The summed E-state index contributed by atoms with van der Waals surface area (Å²) in [7, 11) is 0. The molecular formula is C13H13F4NO4. The number of primary amides is 1. The second-order valence-electron chi connectivity index (χ2n) is 4.77. The number of carbonyl (C=O) groups excluding carboxylic acids is 2. The zero-order chi connectivity index (χ0) is 17.1. The highest BCUT2D eigenvalue weighted by atomic mass is 19.4. The molecule has 0 spiro atoms. The molecule has 0 heterocycles. The van der Waals surface area contributed by atoms with E-state index in [0.29, 0.717) is 6.92 Å². The van der Waals surface area contributed by atoms with Crippen LogP contribution in [0.3, 0.4) is 0 Å². The monoisotopic (exact) mass is 323 g/mol. The van der Waals surface area contributed by atoms with Crippen LogP contribution in [0.4, 0.5) is 17.6 Å². The number of hydrogen-bond donors (Lipinski definition) is 2. The molecule has 0 aliphatic heterocycles. The van der Waals surface area contributed by atoms with Gasteiger partial charge < -0.3 is 15.6 Å². The van der Waals surface area contributed by atoms with E-state index < -0.39 is 42.0 Å². The summed E-state index contributed by atoms with van der Waals surface area (Å²) in [6, 6.07) is 4.12. The largest absolute Gasteiger partial charge is 0.447 e. The number of halogens is 4. The number of amides is 1. The van der Waals surface area contributed by atoms with Crippen LogP contribution in [0, 0.1) is 5.82 Å². The van der Waals surface area contributed by atoms with Gasteiger partial charge in [0.15, 0.2) is 5.60 Å². The number of nitrogens with two attached hydrogens (primary N) is 1. The minimum Gasteiger partial charge on any atom is -0.447 e. The summed E-state index contributed by atoms with van der Waals surface area (Å²) < 4.78 is 54.8. The van der Waals surface area contributed by atoms with Gasteiger partial charge in [0.25, 0.3) is 5.91 Å². The number of benzene rings is 1. The Hall–Kier alpha value is -2.16. The van der Waals surface area contributed by atoms with Crippen molar-refractivity contribution in [2.24, 2.45) is 5.73 Å². The fourth-order valence-electron chi connectivity index (χ4n) is 1.48. The van der Waals surface area contributed by atoms with Gasteiger partial charge in [-0.05, 0) is 19.1 Å². The molecule has 3 N–H and O–H groups in total. The van der Waals surface area contributed by atoms with Gasteiger partial charge in [0.05, 0.1) is 6.42 Å². The van der Waals surface area contributed by atoms with Crippen LogP contribution >= 0.6 is 0 Å². The number of ether oxygens (including phenoxy) is 1. The third kappa shape index (κ3) is 4.42. The molecule has 0 aliphatic carbocycles. The van der Waals surface area contributed by atoms with Crippen molar-refractivity contribution in [3.05, 3.63) is 35.6 Å². The molecule has 5 nitrogen and oxygen atoms in total. The summed E-state index contributed by atoms with van der Waals surface area (Å²) in [6.07, 6.45) is -8.15. The van der Waals surface area contributed by atoms with Crippen molar-refractivity contribution in [3.8, 4) is 0 Å². The average Bonchev–Trinajstić information content (AvgIpc) is 2.35. The van der Waals surface area contributed by atoms with E-state index in [1.54, 1.807) is 0 Å². The molecule has 0 fully saturated rings. The molecular weight excluding hydrogens is 310 g/mol. The standard InChI is InChI=1S/C13H13F4NO4/c1-12(21,13(15,16)17)6-9(19)22-10(11(18)20)7-2-4-8(14)5-3-7/h2-5,10,21H,6H2,1H3,(H2,18,20)/t10-,12+/m1/s1. The van der Waals surface area contributed by atoms with Gasteiger partial charge >= 0.3 is 12.1 Å². The van der Waals surface area contributed by atoms with E-state index in [1.165, 1.54) is 0 Å². The van der Waals surface area contributed by atoms with E-state index >= 15 is 0 Å². The fraction of sp³-hybridized carbons (Fsp3) is 0.385. The highest BCUT2D eigenvalue weighted by Gasteiger charge is 2.51. The van der Waals surface area contributed by atoms with Gasteiger partial charge in [0.1, 0.15) is 5.82 Å². The van der Waals surface area contributed by atoms with Crippen molar-refractivity contribution >= 4 is 11.9 Å². The second kappa shape index (κ2) is 6.30. The number of esters is 1. The molecule has 1 rings (SSSR count). The zero-order valence-corrected chi connectivity index (χ0v) is 11.4. The number of alkyl halides is 3. The molecule has 0 unspecified atom stereocenters. The predicted molar refractivity (Wildman–Crippen MR) is 65.7 cm³/mol. The quantitative estimate of drug-likeness (QED) is 0.636. The topological polar surface area (TPSA) is 89.6 Å². The Morgan fingerprint density at radius 3 is 2.18 bits per heavy atom. The minimum absolute atomic E-state index is 0.00565. The molecule has 9 heteroatoms. The van der Waals surface area contributed by atoms with Crippen molar-refractivity contribution in [2.45, 2.75) is 31.2 Å². The first-order chi connectivity index (χ1) is 9.94. The first kappa shape index (κ1) is 17.9. The molecule has 22 heavy (non-hydrogen) atoms. The van der Waals surface area contributed by atoms with Crippen molar-refractivity contribution in [1.29, 1.82) is 0 Å². The van der Waals surface area contributed by atoms with Crippen LogP contribution in [-0.2, 0) is 14.3 Å². The van der Waals surface area contributed by atoms with Crippen LogP contribution in [-0.4, -0.2) is 28.8 Å². The van der Waals surface area contributed by atoms with Crippen LogP contribution in [0.25, 0.3) is 0 Å². The van der Waals surface area contributed by atoms with Crippen molar-refractivity contribution in [3.63, 3.8) is 0 Å². The molecule has 0 bridgehead atoms. The SMILES string of the molecule is C[C@](O)(CC(=O)O[C@@H](C(N)=O)c1ccc(F)cc1)C(F)(F)F. The average molecular weight is 323 g/mol. The molecule has 0 aliphatic rings. The summed E-state index contributed by atoms with van der Waals surface area (Å²) in [5, 5.41) is 9.19. The highest BCUT2D eigenvalue weighted by Crippen LogP contribution is 2.33. The smallest absolute Gasteiger partial charge is 0.417 e. The number of hydrogen-bond acceptors (Lipinski definition) is 4. The van der Waals surface area contributed by atoms with Crippen molar-refractivity contribution < 1.29 is 37.0 Å². The lowest BCUT2D eigenvalue weighted by Gasteiger charge is -2.26. The molecule has 0 aromatic heterocycles. The third-order valence-corrected chi connectivity index (χ3v) is 2.78. The maximum Gasteiger partial charge on any atom is 0.417 e. The minimum atomic E-state index is -5.05. The molecule has 0 radical (unpaired) electrons. The van der Waals surface area contributed by atoms with Crippen LogP contribution in [0.15, 0.2) is 24.3 Å². The van der Waals surface area contributed by atoms with Crippen LogP contribution in [0.2, 0.25) is 0 Å². The van der Waals surface area contributed by atoms with E-state index in [-0.39, 0.29) is 5.56 Å². The number of aliphatic hydroxyl groups is 1. The third-order valence-electron chi connectivity index (χ3n) is 2.78. The lowest BCUT2D eigenvalue weighted by molar-refractivity contribution is -0.256. The number of carbonyl (C=O) groups is 2. The molecule has 0 saturated carbocycles. The lowest BCUT2D eigenvalue weighted by Crippen LogP contribution is -2.44. The van der Waals surface area contributed by atoms with E-state index in [4.69, 9.17) is 5.73 Å². The molecule has 2 atom stereocenters. The van der Waals surface area contributed by atoms with E-state index in [0.717, 1.165) is 24.3 Å². The van der Waals surface area contributed by atoms with E-state index in [9.17, 15) is 32.3 Å². The zero-order valence-electron chi connectivity index (χ0n) is 11.4. The predicted octanol–water partition coefficient (Wildman–Crippen LogP) is 1.60. The molecule has 1 aromatic carbocycles. The summed E-state index contributed by atoms with van der Waals surface area (Å²) in [5.41, 5.74) is 1.69. The maximum absolute atomic E-state index is 12.8. The molecule has 122 valence electrons. The van der Waals surface area contributed by atoms with E-state index in [1.807, 2.05) is 0 Å². The van der Waals surface area contributed by atoms with Gasteiger partial charge in [-0.25, -0.2) is 4.39 Å². The summed E-state index contributed by atoms with van der Waals surface area (Å²) in [6.45, 7) is 0.394. The first-order valence-corrected chi connectivity index (χ1v) is 5.97. The van der Waals surface area contributed by atoms with Crippen molar-refractivity contribution in [2.75, 3.05) is 0 Å². The molecule has 0 saturated heterocycles. The van der Waals surface area contributed by atoms with Crippen LogP contribution in [0.5, 0.6) is 0 Å². The second-order valence-corrected chi connectivity index (χ2v) is 4.77. The first-order valence-electron chi connectivity index (χ1n) is 5.97. The molecule has 1 aromatic rings. The Morgan fingerprint density at radius 1 is 1.27 bits per heavy atom. The normalized spacial score (nSPS) is 15.7. The Bertz CT molecular complexity index is 554. The van der Waals surface area contributed by atoms with Crippen LogP contribution in [0.1, 0.15) is 25.0 Å². The van der Waals surface area contributed by atoms with Gasteiger partial charge in [-0.15, -0.1) is 0 Å². The van der Waals surface area contributed by atoms with Gasteiger partial charge in [0, 0.05) is 5.56 Å². The summed E-state index contributed by atoms with van der Waals surface area (Å²) in [4.78, 5) is 22.7. The van der Waals surface area contributed by atoms with Gasteiger partial charge in [0.2, 0.25) is 6.10 Å². The highest BCUT2D eigenvalue weighted by molar-refractivity contribution is 5.83. The number of rotatable bonds is 5. The fourth-order valence-corrected chi connectivity index (χ4v) is 1.48. The van der Waals surface area contributed by atoms with Gasteiger partial charge in [-0.3, -0.25) is 9.59 Å². The Balaban J connectivity index is 2.86. The van der Waals surface area contributed by atoms with Gasteiger partial charge in [-0.2, -0.15) is 13.2 Å². The Morgan fingerprint density at radius 2 is 1.77 bits per heavy atom. The lowest BCUT2D eigenvalue weighted by atomic mass is 10.0. The summed E-state index contributed by atoms with van der Waals surface area (Å²) in [5.74, 6) is -3.25. The Labute approximate surface area is 122 Å².